The van der Waals surface area contributed by atoms with Crippen molar-refractivity contribution >= 4 is 0 Å². The highest BCUT2D eigenvalue weighted by atomic mass is 16.5. The van der Waals surface area contributed by atoms with Gasteiger partial charge in [0.15, 0.2) is 0 Å². The van der Waals surface area contributed by atoms with Gasteiger partial charge in [-0.05, 0) is 30.5 Å². The number of ether oxygens (including phenoxy) is 1. The molecule has 0 aliphatic carbocycles. The first-order valence-electron chi connectivity index (χ1n) is 7.06. The number of aryl methyl sites for hydroxylation is 1. The Bertz CT molecular complexity index is 516. The van der Waals surface area contributed by atoms with Crippen LogP contribution in [0, 0.1) is 6.92 Å². The largest absolute Gasteiger partial charge is 0.380 e. The monoisotopic (exact) mass is 269 g/mol. The second-order valence-corrected chi connectivity index (χ2v) is 5.26. The van der Waals surface area contributed by atoms with Crippen LogP contribution in [-0.2, 0) is 17.9 Å². The van der Waals surface area contributed by atoms with Crippen LogP contribution in [0.3, 0.4) is 0 Å². The normalized spacial score (nSPS) is 12.3. The first-order valence-corrected chi connectivity index (χ1v) is 7.06. The van der Waals surface area contributed by atoms with Crippen molar-refractivity contribution in [2.24, 2.45) is 0 Å². The Morgan fingerprint density at radius 2 is 1.55 bits per heavy atom. The van der Waals surface area contributed by atoms with Gasteiger partial charge < -0.3 is 10.1 Å². The maximum Gasteiger partial charge on any atom is 0.0713 e. The van der Waals surface area contributed by atoms with Gasteiger partial charge in [-0.15, -0.1) is 0 Å². The quantitative estimate of drug-likeness (QED) is 0.856. The molecule has 0 aliphatic heterocycles. The van der Waals surface area contributed by atoms with E-state index < -0.39 is 0 Å². The van der Waals surface area contributed by atoms with E-state index in [1.165, 1.54) is 22.3 Å². The SMILES string of the molecule is COCc1ccc(CN[C@H](C)c2ccc(C)cc2)cc1. The summed E-state index contributed by atoms with van der Waals surface area (Å²) in [4.78, 5) is 0. The van der Waals surface area contributed by atoms with Crippen LogP contribution in [0.5, 0.6) is 0 Å². The number of hydrogen-bond donors (Lipinski definition) is 1. The zero-order valence-electron chi connectivity index (χ0n) is 12.5. The predicted molar refractivity (Wildman–Crippen MR) is 83.6 cm³/mol. The van der Waals surface area contributed by atoms with Crippen molar-refractivity contribution in [2.45, 2.75) is 33.0 Å². The fourth-order valence-corrected chi connectivity index (χ4v) is 2.16. The van der Waals surface area contributed by atoms with Crippen molar-refractivity contribution in [3.63, 3.8) is 0 Å². The molecule has 0 radical (unpaired) electrons. The van der Waals surface area contributed by atoms with Gasteiger partial charge in [0.1, 0.15) is 0 Å². The number of benzene rings is 2. The fraction of sp³-hybridized carbons (Fsp3) is 0.333. The molecule has 0 bridgehead atoms. The molecule has 2 aromatic carbocycles. The summed E-state index contributed by atoms with van der Waals surface area (Å²) in [6.45, 7) is 5.86. The topological polar surface area (TPSA) is 21.3 Å². The third kappa shape index (κ3) is 4.19. The first-order chi connectivity index (χ1) is 9.69. The van der Waals surface area contributed by atoms with E-state index >= 15 is 0 Å². The molecule has 0 unspecified atom stereocenters. The standard InChI is InChI=1S/C18H23NO/c1-14-4-10-18(11-5-14)15(2)19-12-16-6-8-17(9-7-16)13-20-3/h4-11,15,19H,12-13H2,1-3H3/t15-/m1/s1. The van der Waals surface area contributed by atoms with E-state index in [2.05, 4.69) is 67.7 Å². The van der Waals surface area contributed by atoms with E-state index in [0.29, 0.717) is 12.6 Å². The average Bonchev–Trinajstić information content (AvgIpc) is 2.47. The van der Waals surface area contributed by atoms with Crippen molar-refractivity contribution in [3.05, 3.63) is 70.8 Å². The molecule has 1 N–H and O–H groups in total. The van der Waals surface area contributed by atoms with Crippen molar-refractivity contribution in [1.82, 2.24) is 5.32 Å². The van der Waals surface area contributed by atoms with Gasteiger partial charge in [0.2, 0.25) is 0 Å². The maximum absolute atomic E-state index is 5.12. The van der Waals surface area contributed by atoms with Gasteiger partial charge in [0.05, 0.1) is 6.61 Å². The number of nitrogens with one attached hydrogen (secondary N) is 1. The van der Waals surface area contributed by atoms with Crippen LogP contribution in [0.4, 0.5) is 0 Å². The Balaban J connectivity index is 1.89. The minimum Gasteiger partial charge on any atom is -0.380 e. The molecule has 1 atom stereocenters. The van der Waals surface area contributed by atoms with Crippen LogP contribution in [-0.4, -0.2) is 7.11 Å². The van der Waals surface area contributed by atoms with E-state index in [1.54, 1.807) is 7.11 Å². The summed E-state index contributed by atoms with van der Waals surface area (Å²) in [5.74, 6) is 0. The molecule has 0 spiro atoms. The van der Waals surface area contributed by atoms with Gasteiger partial charge in [-0.2, -0.15) is 0 Å². The minimum absolute atomic E-state index is 0.356. The van der Waals surface area contributed by atoms with Crippen LogP contribution in [0.1, 0.15) is 35.2 Å². The lowest BCUT2D eigenvalue weighted by molar-refractivity contribution is 0.185. The predicted octanol–water partition coefficient (Wildman–Crippen LogP) is 3.99. The highest BCUT2D eigenvalue weighted by Gasteiger charge is 2.04. The van der Waals surface area contributed by atoms with Crippen molar-refractivity contribution in [1.29, 1.82) is 0 Å². The Hall–Kier alpha value is -1.64. The van der Waals surface area contributed by atoms with Gasteiger partial charge in [-0.25, -0.2) is 0 Å². The van der Waals surface area contributed by atoms with E-state index in [1.807, 2.05) is 0 Å². The van der Waals surface area contributed by atoms with Crippen molar-refractivity contribution in [3.8, 4) is 0 Å². The lowest BCUT2D eigenvalue weighted by Crippen LogP contribution is -2.18. The van der Waals surface area contributed by atoms with Crippen molar-refractivity contribution < 1.29 is 4.74 Å². The highest BCUT2D eigenvalue weighted by molar-refractivity contribution is 5.25. The molecule has 2 aromatic rings. The molecule has 0 saturated carbocycles. The van der Waals surface area contributed by atoms with Crippen LogP contribution in [0.2, 0.25) is 0 Å². The summed E-state index contributed by atoms with van der Waals surface area (Å²) in [6.07, 6.45) is 0. The molecular formula is C18H23NO. The van der Waals surface area contributed by atoms with Gasteiger partial charge in [-0.1, -0.05) is 54.1 Å². The Morgan fingerprint density at radius 3 is 2.15 bits per heavy atom. The van der Waals surface area contributed by atoms with Crippen LogP contribution in [0.15, 0.2) is 48.5 Å². The third-order valence-corrected chi connectivity index (χ3v) is 3.52. The maximum atomic E-state index is 5.12. The third-order valence-electron chi connectivity index (χ3n) is 3.52. The molecule has 0 saturated heterocycles. The Labute approximate surface area is 121 Å². The van der Waals surface area contributed by atoms with Crippen LogP contribution < -0.4 is 5.32 Å². The molecule has 106 valence electrons. The summed E-state index contributed by atoms with van der Waals surface area (Å²) in [5.41, 5.74) is 5.13. The number of hydrogen-bond acceptors (Lipinski definition) is 2. The number of methoxy groups -OCH3 is 1. The van der Waals surface area contributed by atoms with Gasteiger partial charge >= 0.3 is 0 Å². The lowest BCUT2D eigenvalue weighted by Gasteiger charge is -2.15. The lowest BCUT2D eigenvalue weighted by atomic mass is 10.1. The second-order valence-electron chi connectivity index (χ2n) is 5.26. The molecule has 20 heavy (non-hydrogen) atoms. The Morgan fingerprint density at radius 1 is 0.950 bits per heavy atom. The van der Waals surface area contributed by atoms with Crippen LogP contribution in [0.25, 0.3) is 0 Å². The minimum atomic E-state index is 0.356. The summed E-state index contributed by atoms with van der Waals surface area (Å²) < 4.78 is 5.12. The van der Waals surface area contributed by atoms with Gasteiger partial charge in [0, 0.05) is 19.7 Å². The molecule has 2 heteroatoms. The second kappa shape index (κ2) is 7.22. The molecular weight excluding hydrogens is 246 g/mol. The molecule has 0 amide bonds. The number of rotatable bonds is 6. The molecule has 2 nitrogen and oxygen atoms in total. The van der Waals surface area contributed by atoms with E-state index in [0.717, 1.165) is 6.54 Å². The van der Waals surface area contributed by atoms with E-state index in [4.69, 9.17) is 4.74 Å². The van der Waals surface area contributed by atoms with Crippen molar-refractivity contribution in [2.75, 3.05) is 7.11 Å². The smallest absolute Gasteiger partial charge is 0.0713 e. The fourth-order valence-electron chi connectivity index (χ4n) is 2.16. The summed E-state index contributed by atoms with van der Waals surface area (Å²) >= 11 is 0. The zero-order valence-corrected chi connectivity index (χ0v) is 12.5. The average molecular weight is 269 g/mol. The zero-order chi connectivity index (χ0) is 14.4. The van der Waals surface area contributed by atoms with Gasteiger partial charge in [-0.3, -0.25) is 0 Å². The summed E-state index contributed by atoms with van der Waals surface area (Å²) in [6, 6.07) is 17.6. The van der Waals surface area contributed by atoms with Gasteiger partial charge in [0.25, 0.3) is 0 Å². The molecule has 0 fully saturated rings. The molecule has 0 heterocycles. The molecule has 2 rings (SSSR count). The molecule has 0 aromatic heterocycles. The molecule has 0 aliphatic rings. The summed E-state index contributed by atoms with van der Waals surface area (Å²) in [5, 5.41) is 3.55. The van der Waals surface area contributed by atoms with E-state index in [-0.39, 0.29) is 0 Å². The van der Waals surface area contributed by atoms with E-state index in [9.17, 15) is 0 Å². The highest BCUT2D eigenvalue weighted by Crippen LogP contribution is 2.14. The first kappa shape index (κ1) is 14.8. The van der Waals surface area contributed by atoms with Crippen LogP contribution >= 0.6 is 0 Å². The Kier molecular flexibility index (Phi) is 5.33. The summed E-state index contributed by atoms with van der Waals surface area (Å²) in [7, 11) is 1.72.